The summed E-state index contributed by atoms with van der Waals surface area (Å²) in [5.74, 6) is -0.222. The van der Waals surface area contributed by atoms with Crippen molar-refractivity contribution >= 4 is 29.0 Å². The van der Waals surface area contributed by atoms with E-state index in [9.17, 15) is 9.59 Å². The fraction of sp³-hybridized carbons (Fsp3) is 0.333. The Morgan fingerprint density at radius 1 is 1.00 bits per heavy atom. The molecule has 0 atom stereocenters. The second kappa shape index (κ2) is 10.3. The van der Waals surface area contributed by atoms with Gasteiger partial charge in [0.25, 0.3) is 5.91 Å². The molecule has 0 radical (unpaired) electrons. The van der Waals surface area contributed by atoms with E-state index in [-0.39, 0.29) is 11.9 Å². The van der Waals surface area contributed by atoms with Crippen molar-refractivity contribution in [3.63, 3.8) is 0 Å². The predicted octanol–water partition coefficient (Wildman–Crippen LogP) is 3.34. The Morgan fingerprint density at radius 3 is 2.25 bits per heavy atom. The zero-order valence-electron chi connectivity index (χ0n) is 16.8. The number of ether oxygens (including phenoxy) is 1. The molecule has 0 aliphatic heterocycles. The van der Waals surface area contributed by atoms with Crippen LogP contribution in [-0.2, 0) is 11.2 Å². The van der Waals surface area contributed by atoms with Crippen LogP contribution in [0.2, 0.25) is 0 Å². The van der Waals surface area contributed by atoms with E-state index in [1.54, 1.807) is 25.3 Å². The molecule has 7 nitrogen and oxygen atoms in total. The van der Waals surface area contributed by atoms with Crippen LogP contribution in [0.25, 0.3) is 0 Å². The molecule has 28 heavy (non-hydrogen) atoms. The number of aryl methyl sites for hydroxylation is 1. The Hall–Kier alpha value is -3.06. The molecule has 0 bridgehead atoms. The maximum absolute atomic E-state index is 12.5. The van der Waals surface area contributed by atoms with E-state index in [0.717, 1.165) is 12.1 Å². The van der Waals surface area contributed by atoms with E-state index in [0.29, 0.717) is 30.1 Å². The number of anilines is 3. The molecule has 0 heterocycles. The summed E-state index contributed by atoms with van der Waals surface area (Å²) >= 11 is 0. The number of carbonyl (C=O) groups is 2. The first kappa shape index (κ1) is 21.2. The Balaban J connectivity index is 2.10. The van der Waals surface area contributed by atoms with Gasteiger partial charge in [-0.15, -0.1) is 0 Å². The van der Waals surface area contributed by atoms with Gasteiger partial charge < -0.3 is 25.6 Å². The summed E-state index contributed by atoms with van der Waals surface area (Å²) in [6.07, 6.45) is 0.944. The molecule has 0 saturated carbocycles. The first-order valence-corrected chi connectivity index (χ1v) is 9.20. The molecule has 2 aromatic rings. The van der Waals surface area contributed by atoms with Gasteiger partial charge in [0.05, 0.1) is 12.2 Å². The van der Waals surface area contributed by atoms with Crippen LogP contribution in [0.15, 0.2) is 42.5 Å². The maximum Gasteiger partial charge on any atom is 0.323 e. The molecule has 150 valence electrons. The normalized spacial score (nSPS) is 10.3. The molecule has 0 aliphatic rings. The molecule has 0 aliphatic carbocycles. The van der Waals surface area contributed by atoms with Gasteiger partial charge in [-0.2, -0.15) is 0 Å². The van der Waals surface area contributed by atoms with Crippen LogP contribution in [0.5, 0.6) is 0 Å². The number of carbonyl (C=O) groups excluding carboxylic acids is 2. The Kier molecular flexibility index (Phi) is 7.83. The van der Waals surface area contributed by atoms with Crippen molar-refractivity contribution < 1.29 is 14.3 Å². The number of amides is 3. The van der Waals surface area contributed by atoms with Gasteiger partial charge in [-0.25, -0.2) is 4.79 Å². The van der Waals surface area contributed by atoms with Crippen molar-refractivity contribution in [1.82, 2.24) is 5.32 Å². The Labute approximate surface area is 166 Å². The number of hydrogen-bond acceptors (Lipinski definition) is 4. The molecular weight excluding hydrogens is 356 g/mol. The second-order valence-electron chi connectivity index (χ2n) is 6.50. The third-order valence-electron chi connectivity index (χ3n) is 4.19. The molecule has 7 heteroatoms. The third-order valence-corrected chi connectivity index (χ3v) is 4.19. The Bertz CT molecular complexity index is 804. The molecule has 2 aromatic carbocycles. The molecule has 0 spiro atoms. The molecule has 0 fully saturated rings. The zero-order valence-corrected chi connectivity index (χ0v) is 16.8. The average Bonchev–Trinajstić information content (AvgIpc) is 2.68. The maximum atomic E-state index is 12.5. The van der Waals surface area contributed by atoms with Crippen molar-refractivity contribution in [2.75, 3.05) is 49.9 Å². The van der Waals surface area contributed by atoms with E-state index in [4.69, 9.17) is 4.74 Å². The van der Waals surface area contributed by atoms with E-state index in [2.05, 4.69) is 22.9 Å². The number of benzene rings is 2. The number of nitrogens with zero attached hydrogens (tertiary/aromatic N) is 1. The third kappa shape index (κ3) is 5.99. The highest BCUT2D eigenvalue weighted by atomic mass is 16.5. The van der Waals surface area contributed by atoms with E-state index in [1.807, 2.05) is 43.3 Å². The van der Waals surface area contributed by atoms with Gasteiger partial charge in [-0.3, -0.25) is 4.79 Å². The van der Waals surface area contributed by atoms with Gasteiger partial charge in [0.15, 0.2) is 0 Å². The second-order valence-corrected chi connectivity index (χ2v) is 6.50. The first-order chi connectivity index (χ1) is 13.4. The van der Waals surface area contributed by atoms with Crippen molar-refractivity contribution in [2.24, 2.45) is 0 Å². The molecular formula is C21H28N4O3. The van der Waals surface area contributed by atoms with Crippen LogP contribution in [0, 0.1) is 0 Å². The lowest BCUT2D eigenvalue weighted by atomic mass is 10.1. The van der Waals surface area contributed by atoms with Gasteiger partial charge in [-0.05, 0) is 42.3 Å². The van der Waals surface area contributed by atoms with Crippen LogP contribution in [0.3, 0.4) is 0 Å². The van der Waals surface area contributed by atoms with Crippen LogP contribution < -0.4 is 20.9 Å². The fourth-order valence-corrected chi connectivity index (χ4v) is 2.66. The van der Waals surface area contributed by atoms with E-state index in [1.165, 1.54) is 5.56 Å². The molecule has 0 aromatic heterocycles. The minimum absolute atomic E-state index is 0.222. The van der Waals surface area contributed by atoms with Gasteiger partial charge in [0.2, 0.25) is 0 Å². The van der Waals surface area contributed by atoms with Gasteiger partial charge in [0, 0.05) is 44.8 Å². The zero-order chi connectivity index (χ0) is 20.5. The summed E-state index contributed by atoms with van der Waals surface area (Å²) in [6.45, 7) is 2.92. The highest BCUT2D eigenvalue weighted by Crippen LogP contribution is 2.23. The summed E-state index contributed by atoms with van der Waals surface area (Å²) in [6, 6.07) is 12.5. The highest BCUT2D eigenvalue weighted by molar-refractivity contribution is 6.03. The fourth-order valence-electron chi connectivity index (χ4n) is 2.66. The SMILES string of the molecule is CCc1ccc(NC(=O)Nc2ccc(N(C)C)c(C(=O)NCCOC)c2)cc1. The Morgan fingerprint density at radius 2 is 1.64 bits per heavy atom. The van der Waals surface area contributed by atoms with Crippen molar-refractivity contribution in [3.8, 4) is 0 Å². The van der Waals surface area contributed by atoms with Gasteiger partial charge in [-0.1, -0.05) is 19.1 Å². The predicted molar refractivity (Wildman–Crippen MR) is 113 cm³/mol. The molecule has 0 unspecified atom stereocenters. The van der Waals surface area contributed by atoms with Crippen molar-refractivity contribution in [3.05, 3.63) is 53.6 Å². The minimum atomic E-state index is -0.368. The van der Waals surface area contributed by atoms with Crippen LogP contribution >= 0.6 is 0 Å². The number of rotatable bonds is 8. The summed E-state index contributed by atoms with van der Waals surface area (Å²) in [5.41, 5.74) is 3.68. The van der Waals surface area contributed by atoms with E-state index >= 15 is 0 Å². The topological polar surface area (TPSA) is 82.7 Å². The van der Waals surface area contributed by atoms with Crippen molar-refractivity contribution in [2.45, 2.75) is 13.3 Å². The van der Waals surface area contributed by atoms with Crippen LogP contribution in [0.4, 0.5) is 21.9 Å². The standard InChI is InChI=1S/C21H28N4O3/c1-5-15-6-8-16(9-7-15)23-21(27)24-17-10-11-19(25(2)3)18(14-17)20(26)22-12-13-28-4/h6-11,14H,5,12-13H2,1-4H3,(H,22,26)(H2,23,24,27). The number of methoxy groups -OCH3 is 1. The number of nitrogens with one attached hydrogen (secondary N) is 3. The lowest BCUT2D eigenvalue weighted by molar-refractivity contribution is 0.0937. The molecule has 3 amide bonds. The van der Waals surface area contributed by atoms with Crippen molar-refractivity contribution in [1.29, 1.82) is 0 Å². The molecule has 2 rings (SSSR count). The average molecular weight is 384 g/mol. The molecule has 0 saturated heterocycles. The summed E-state index contributed by atoms with van der Waals surface area (Å²) < 4.78 is 4.96. The number of urea groups is 1. The summed E-state index contributed by atoms with van der Waals surface area (Å²) in [7, 11) is 5.30. The largest absolute Gasteiger partial charge is 0.383 e. The summed E-state index contributed by atoms with van der Waals surface area (Å²) in [4.78, 5) is 26.7. The first-order valence-electron chi connectivity index (χ1n) is 9.20. The lowest BCUT2D eigenvalue weighted by Gasteiger charge is -2.18. The summed E-state index contributed by atoms with van der Waals surface area (Å²) in [5, 5.41) is 8.37. The van der Waals surface area contributed by atoms with Gasteiger partial charge in [0.1, 0.15) is 0 Å². The van der Waals surface area contributed by atoms with Crippen LogP contribution in [-0.4, -0.2) is 46.3 Å². The quantitative estimate of drug-likeness (QED) is 0.610. The minimum Gasteiger partial charge on any atom is -0.383 e. The van der Waals surface area contributed by atoms with E-state index < -0.39 is 0 Å². The lowest BCUT2D eigenvalue weighted by Crippen LogP contribution is -2.29. The molecule has 3 N–H and O–H groups in total. The van der Waals surface area contributed by atoms with Gasteiger partial charge >= 0.3 is 6.03 Å². The van der Waals surface area contributed by atoms with Crippen LogP contribution in [0.1, 0.15) is 22.8 Å². The number of hydrogen-bond donors (Lipinski definition) is 3. The monoisotopic (exact) mass is 384 g/mol. The smallest absolute Gasteiger partial charge is 0.323 e. The highest BCUT2D eigenvalue weighted by Gasteiger charge is 2.14.